The number of esters is 1. The van der Waals surface area contributed by atoms with Crippen LogP contribution in [0.1, 0.15) is 38.2 Å². The molecule has 1 saturated heterocycles. The normalized spacial score (nSPS) is 31.8. The molecule has 0 bridgehead atoms. The van der Waals surface area contributed by atoms with E-state index in [4.69, 9.17) is 19.9 Å². The summed E-state index contributed by atoms with van der Waals surface area (Å²) in [7, 11) is 0. The average molecular weight is 347 g/mol. The highest BCUT2D eigenvalue weighted by Crippen LogP contribution is 2.28. The molecule has 138 valence electrons. The number of benzene rings is 1. The van der Waals surface area contributed by atoms with Crippen LogP contribution in [0.15, 0.2) is 30.3 Å². The maximum absolute atomic E-state index is 12.1. The summed E-state index contributed by atoms with van der Waals surface area (Å²) in [5.41, 5.74) is 7.08. The first-order valence-electron chi connectivity index (χ1n) is 9.36. The van der Waals surface area contributed by atoms with E-state index in [1.807, 2.05) is 25.1 Å². The highest BCUT2D eigenvalue weighted by atomic mass is 16.6. The number of carbonyl (C=O) groups excluding carboxylic acids is 1. The lowest BCUT2D eigenvalue weighted by atomic mass is 9.91. The van der Waals surface area contributed by atoms with Gasteiger partial charge in [0.1, 0.15) is 12.1 Å². The van der Waals surface area contributed by atoms with Crippen molar-refractivity contribution < 1.29 is 19.0 Å². The van der Waals surface area contributed by atoms with Crippen LogP contribution < -0.4 is 5.73 Å². The second-order valence-corrected chi connectivity index (χ2v) is 7.24. The Balaban J connectivity index is 1.78. The topological polar surface area (TPSA) is 70.8 Å². The second kappa shape index (κ2) is 8.79. The fourth-order valence-corrected chi connectivity index (χ4v) is 3.79. The van der Waals surface area contributed by atoms with E-state index in [2.05, 4.69) is 12.1 Å². The number of ether oxygens (including phenoxy) is 3. The van der Waals surface area contributed by atoms with E-state index >= 15 is 0 Å². The summed E-state index contributed by atoms with van der Waals surface area (Å²) in [6, 6.07) is 9.59. The predicted octanol–water partition coefficient (Wildman–Crippen LogP) is 2.46. The van der Waals surface area contributed by atoms with Crippen LogP contribution in [0, 0.1) is 5.92 Å². The molecule has 1 aliphatic heterocycles. The van der Waals surface area contributed by atoms with Gasteiger partial charge in [-0.3, -0.25) is 4.79 Å². The summed E-state index contributed by atoms with van der Waals surface area (Å²) >= 11 is 0. The molecule has 0 spiro atoms. The van der Waals surface area contributed by atoms with Gasteiger partial charge in [-0.1, -0.05) is 43.2 Å². The van der Waals surface area contributed by atoms with Crippen LogP contribution in [-0.4, -0.2) is 43.5 Å². The van der Waals surface area contributed by atoms with Gasteiger partial charge in [0.05, 0.1) is 25.4 Å². The van der Waals surface area contributed by atoms with Gasteiger partial charge in [-0.15, -0.1) is 0 Å². The minimum absolute atomic E-state index is 0.121. The molecule has 25 heavy (non-hydrogen) atoms. The monoisotopic (exact) mass is 347 g/mol. The maximum Gasteiger partial charge on any atom is 0.325 e. The Kier molecular flexibility index (Phi) is 6.45. The molecule has 2 N–H and O–H groups in total. The Bertz CT molecular complexity index is 544. The summed E-state index contributed by atoms with van der Waals surface area (Å²) in [5.74, 6) is -0.288. The van der Waals surface area contributed by atoms with Crippen molar-refractivity contribution in [2.24, 2.45) is 11.7 Å². The van der Waals surface area contributed by atoms with Gasteiger partial charge in [-0.25, -0.2) is 0 Å². The van der Waals surface area contributed by atoms with Crippen LogP contribution in [0.2, 0.25) is 0 Å². The molecule has 0 radical (unpaired) electrons. The first-order chi connectivity index (χ1) is 12.1. The highest BCUT2D eigenvalue weighted by Gasteiger charge is 2.36. The summed E-state index contributed by atoms with van der Waals surface area (Å²) < 4.78 is 17.8. The van der Waals surface area contributed by atoms with Crippen LogP contribution in [0.4, 0.5) is 0 Å². The van der Waals surface area contributed by atoms with Crippen LogP contribution >= 0.6 is 0 Å². The Morgan fingerprint density at radius 3 is 2.60 bits per heavy atom. The van der Waals surface area contributed by atoms with Crippen LogP contribution in [0.3, 0.4) is 0 Å². The van der Waals surface area contributed by atoms with E-state index in [9.17, 15) is 4.79 Å². The molecule has 3 rings (SSSR count). The second-order valence-electron chi connectivity index (χ2n) is 7.24. The number of hydrogen-bond acceptors (Lipinski definition) is 5. The Morgan fingerprint density at radius 2 is 1.88 bits per heavy atom. The summed E-state index contributed by atoms with van der Waals surface area (Å²) in [6.45, 7) is 2.61. The molecular weight excluding hydrogens is 318 g/mol. The van der Waals surface area contributed by atoms with E-state index in [1.54, 1.807) is 0 Å². The third-order valence-electron chi connectivity index (χ3n) is 5.15. The van der Waals surface area contributed by atoms with Gasteiger partial charge < -0.3 is 19.9 Å². The average Bonchev–Trinajstić information content (AvgIpc) is 3.13. The predicted molar refractivity (Wildman–Crippen MR) is 95.1 cm³/mol. The van der Waals surface area contributed by atoms with Gasteiger partial charge in [-0.2, -0.15) is 0 Å². The van der Waals surface area contributed by atoms with Crippen molar-refractivity contribution in [3.05, 3.63) is 35.9 Å². The molecule has 4 atom stereocenters. The molecule has 1 aromatic carbocycles. The van der Waals surface area contributed by atoms with E-state index in [1.165, 1.54) is 18.4 Å². The number of cyclic esters (lactones) is 1. The summed E-state index contributed by atoms with van der Waals surface area (Å²) in [6.07, 6.45) is 5.12. The summed E-state index contributed by atoms with van der Waals surface area (Å²) in [4.78, 5) is 12.1. The zero-order chi connectivity index (χ0) is 17.6. The van der Waals surface area contributed by atoms with Crippen molar-refractivity contribution in [1.82, 2.24) is 0 Å². The number of carbonyl (C=O) groups is 1. The van der Waals surface area contributed by atoms with Crippen LogP contribution in [0.5, 0.6) is 0 Å². The number of hydrogen-bond donors (Lipinski definition) is 1. The van der Waals surface area contributed by atoms with Crippen molar-refractivity contribution in [3.63, 3.8) is 0 Å². The smallest absolute Gasteiger partial charge is 0.325 e. The van der Waals surface area contributed by atoms with Gasteiger partial charge in [0.2, 0.25) is 0 Å². The molecule has 0 unspecified atom stereocenters. The molecule has 5 heteroatoms. The molecule has 5 nitrogen and oxygen atoms in total. The third kappa shape index (κ3) is 5.03. The minimum atomic E-state index is -0.731. The molecule has 2 fully saturated rings. The summed E-state index contributed by atoms with van der Waals surface area (Å²) in [5, 5.41) is 0. The number of nitrogens with two attached hydrogens (primary N) is 1. The minimum Gasteiger partial charge on any atom is -0.459 e. The number of rotatable bonds is 4. The Hall–Kier alpha value is -1.43. The van der Waals surface area contributed by atoms with Crippen LogP contribution in [0.25, 0.3) is 0 Å². The van der Waals surface area contributed by atoms with E-state index in [0.29, 0.717) is 6.61 Å². The standard InChI is InChI=1S/C20H29NO4/c1-14-19(25-17-9-5-6-10-17)16(11-15-7-3-2-4-8-15)12-23-13-18(21)20(22)24-14/h2-4,7-8,14,16-19H,5-6,9-13,21H2,1H3/t14-,16-,18-,19-/m0/s1. The third-order valence-corrected chi connectivity index (χ3v) is 5.15. The zero-order valence-corrected chi connectivity index (χ0v) is 14.9. The SMILES string of the molecule is C[C@@H]1OC(=O)[C@@H](N)COC[C@H](Cc2ccccc2)[C@H]1OC1CCCC1. The fourth-order valence-electron chi connectivity index (χ4n) is 3.79. The largest absolute Gasteiger partial charge is 0.459 e. The lowest BCUT2D eigenvalue weighted by molar-refractivity contribution is -0.163. The highest BCUT2D eigenvalue weighted by molar-refractivity contribution is 5.75. The van der Waals surface area contributed by atoms with Gasteiger partial charge >= 0.3 is 5.97 Å². The van der Waals surface area contributed by atoms with Gasteiger partial charge in [0.15, 0.2) is 0 Å². The molecular formula is C20H29NO4. The van der Waals surface area contributed by atoms with Crippen LogP contribution in [-0.2, 0) is 25.4 Å². The fraction of sp³-hybridized carbons (Fsp3) is 0.650. The Morgan fingerprint density at radius 1 is 1.16 bits per heavy atom. The molecule has 2 aliphatic rings. The molecule has 0 aromatic heterocycles. The first-order valence-corrected chi connectivity index (χ1v) is 9.36. The molecule has 1 heterocycles. The zero-order valence-electron chi connectivity index (χ0n) is 14.9. The van der Waals surface area contributed by atoms with Crippen molar-refractivity contribution in [2.75, 3.05) is 13.2 Å². The van der Waals surface area contributed by atoms with Gasteiger partial charge in [-0.05, 0) is 31.7 Å². The van der Waals surface area contributed by atoms with Gasteiger partial charge in [0, 0.05) is 5.92 Å². The molecule has 1 aliphatic carbocycles. The lowest BCUT2D eigenvalue weighted by Gasteiger charge is -2.33. The molecule has 0 amide bonds. The molecule has 1 aromatic rings. The maximum atomic E-state index is 12.1. The van der Waals surface area contributed by atoms with Gasteiger partial charge in [0.25, 0.3) is 0 Å². The van der Waals surface area contributed by atoms with E-state index < -0.39 is 12.0 Å². The van der Waals surface area contributed by atoms with Crippen molar-refractivity contribution >= 4 is 5.97 Å². The Labute approximate surface area is 149 Å². The van der Waals surface area contributed by atoms with Crippen molar-refractivity contribution in [3.8, 4) is 0 Å². The van der Waals surface area contributed by atoms with Crippen molar-refractivity contribution in [2.45, 2.75) is 63.4 Å². The lowest BCUT2D eigenvalue weighted by Crippen LogP contribution is -2.43. The quantitative estimate of drug-likeness (QED) is 0.847. The van der Waals surface area contributed by atoms with E-state index in [0.717, 1.165) is 19.3 Å². The van der Waals surface area contributed by atoms with E-state index in [-0.39, 0.29) is 30.8 Å². The first kappa shape index (κ1) is 18.4. The van der Waals surface area contributed by atoms with Crippen molar-refractivity contribution in [1.29, 1.82) is 0 Å². The molecule has 1 saturated carbocycles.